The lowest BCUT2D eigenvalue weighted by molar-refractivity contribution is -0.144. The quantitative estimate of drug-likeness (QED) is 0.286. The number of rotatable bonds is 6. The van der Waals surface area contributed by atoms with Crippen molar-refractivity contribution in [2.24, 2.45) is 11.7 Å². The molecule has 1 rings (SSSR count). The monoisotopic (exact) mass is 197 g/mol. The maximum Gasteiger partial charge on any atom is 0.307 e. The van der Waals surface area contributed by atoms with Crippen molar-refractivity contribution in [2.45, 2.75) is 18.7 Å². The van der Waals surface area contributed by atoms with Gasteiger partial charge in [0.25, 0.3) is 7.48 Å². The predicted molar refractivity (Wildman–Crippen MR) is 54.9 cm³/mol. The van der Waals surface area contributed by atoms with Gasteiger partial charge in [-0.1, -0.05) is 6.08 Å². The predicted octanol–water partition coefficient (Wildman–Crippen LogP) is 0.198. The van der Waals surface area contributed by atoms with Gasteiger partial charge in [0.05, 0.1) is 18.7 Å². The normalized spacial score (nSPS) is 29.4. The zero-order chi connectivity index (χ0) is 10.6. The molecule has 78 valence electrons. The molecule has 0 heterocycles. The minimum Gasteiger partial charge on any atom is -0.466 e. The third kappa shape index (κ3) is 1.99. The first kappa shape index (κ1) is 11.3. The molecule has 1 aliphatic rings. The van der Waals surface area contributed by atoms with E-state index in [1.807, 2.05) is 0 Å². The van der Waals surface area contributed by atoms with Crippen LogP contribution in [0.5, 0.6) is 0 Å². The van der Waals surface area contributed by atoms with Gasteiger partial charge < -0.3 is 15.1 Å². The van der Waals surface area contributed by atoms with E-state index in [0.717, 1.165) is 6.42 Å². The summed E-state index contributed by atoms with van der Waals surface area (Å²) in [4.78, 5) is 11.6. The van der Waals surface area contributed by atoms with Gasteiger partial charge in [0, 0.05) is 0 Å². The topological polar surface area (TPSA) is 61.5 Å². The van der Waals surface area contributed by atoms with Crippen molar-refractivity contribution in [3.8, 4) is 0 Å². The van der Waals surface area contributed by atoms with Crippen molar-refractivity contribution >= 4 is 13.5 Å². The number of carbonyl (C=O) groups is 1. The van der Waals surface area contributed by atoms with Crippen LogP contribution in [0.25, 0.3) is 0 Å². The highest BCUT2D eigenvalue weighted by atomic mass is 16.5. The summed E-state index contributed by atoms with van der Waals surface area (Å²) in [5.41, 5.74) is 5.22. The molecule has 0 aromatic rings. The van der Waals surface area contributed by atoms with E-state index in [0.29, 0.717) is 14.1 Å². The number of carbonyl (C=O) groups excluding carboxylic acids is 1. The van der Waals surface area contributed by atoms with Gasteiger partial charge in [0.2, 0.25) is 0 Å². The molecule has 1 saturated carbocycles. The summed E-state index contributed by atoms with van der Waals surface area (Å²) in [5.74, 6) is -0.0218. The third-order valence-corrected chi connectivity index (χ3v) is 2.58. The van der Waals surface area contributed by atoms with Gasteiger partial charge in [0.1, 0.15) is 0 Å². The van der Waals surface area contributed by atoms with Crippen molar-refractivity contribution in [1.29, 1.82) is 0 Å². The molecule has 1 fully saturated rings. The average Bonchev–Trinajstić information content (AvgIpc) is 2.90. The summed E-state index contributed by atoms with van der Waals surface area (Å²) in [6.07, 6.45) is 2.53. The molecule has 2 atom stereocenters. The van der Waals surface area contributed by atoms with Crippen LogP contribution in [0, 0.1) is 5.92 Å². The highest BCUT2D eigenvalue weighted by Gasteiger charge is 2.60. The summed E-state index contributed by atoms with van der Waals surface area (Å²) >= 11 is 0. The summed E-state index contributed by atoms with van der Waals surface area (Å²) in [5, 5.41) is -0.503. The van der Waals surface area contributed by atoms with Crippen LogP contribution in [0.3, 0.4) is 0 Å². The lowest BCUT2D eigenvalue weighted by Gasteiger charge is -2.12. The van der Waals surface area contributed by atoms with Crippen LogP contribution in [0.2, 0.25) is 5.31 Å². The Labute approximate surface area is 84.7 Å². The van der Waals surface area contributed by atoms with E-state index in [-0.39, 0.29) is 18.6 Å². The Morgan fingerprint density at radius 3 is 3.00 bits per heavy atom. The molecule has 0 saturated heterocycles. The van der Waals surface area contributed by atoms with Crippen molar-refractivity contribution in [1.82, 2.24) is 0 Å². The first-order valence-corrected chi connectivity index (χ1v) is 4.79. The molecule has 1 unspecified atom stereocenters. The average molecular weight is 197 g/mol. The van der Waals surface area contributed by atoms with E-state index in [9.17, 15) is 4.79 Å². The summed E-state index contributed by atoms with van der Waals surface area (Å²) in [7, 11) is 0.332. The van der Waals surface area contributed by atoms with Crippen molar-refractivity contribution in [3.63, 3.8) is 0 Å². The van der Waals surface area contributed by atoms with E-state index in [1.54, 1.807) is 13.0 Å². The maximum absolute atomic E-state index is 11.6. The third-order valence-electron chi connectivity index (χ3n) is 2.58. The first-order valence-electron chi connectivity index (χ1n) is 4.79. The molecule has 4 nitrogen and oxygen atoms in total. The van der Waals surface area contributed by atoms with Gasteiger partial charge in [-0.15, -0.1) is 6.58 Å². The fraction of sp³-hybridized carbons (Fsp3) is 0.667. The molecular formula is C9H16BNO3. The number of hydrogen-bond donors (Lipinski definition) is 1. The molecule has 0 bridgehead atoms. The minimum atomic E-state index is -0.503. The lowest BCUT2D eigenvalue weighted by atomic mass is 9.74. The van der Waals surface area contributed by atoms with E-state index >= 15 is 0 Å². The number of allylic oxidation sites excluding steroid dienone is 1. The molecule has 0 aliphatic heterocycles. The lowest BCUT2D eigenvalue weighted by Crippen LogP contribution is -2.25. The van der Waals surface area contributed by atoms with Gasteiger partial charge in [-0.3, -0.25) is 4.79 Å². The smallest absolute Gasteiger partial charge is 0.307 e. The number of hydrogen-bond acceptors (Lipinski definition) is 4. The Bertz CT molecular complexity index is 234. The Kier molecular flexibility index (Phi) is 3.72. The largest absolute Gasteiger partial charge is 0.466 e. The fourth-order valence-corrected chi connectivity index (χ4v) is 1.62. The van der Waals surface area contributed by atoms with Crippen LogP contribution in [0.15, 0.2) is 12.7 Å². The van der Waals surface area contributed by atoms with Crippen LogP contribution in [-0.2, 0) is 14.2 Å². The second-order valence-electron chi connectivity index (χ2n) is 3.44. The SMILES string of the molecule is C=CC1C[C@]1(BOCN)C(=O)OCC. The van der Waals surface area contributed by atoms with Gasteiger partial charge in [-0.2, -0.15) is 0 Å². The number of esters is 1. The standard InChI is InChI=1S/C9H16BNO3/c1-3-7-5-9(7,10-14-6-11)8(12)13-4-2/h3,7,10H,1,4-6,11H2,2H3/t7?,9-/m1/s1. The fourth-order valence-electron chi connectivity index (χ4n) is 1.62. The molecule has 0 amide bonds. The first-order chi connectivity index (χ1) is 6.71. The molecule has 0 aromatic heterocycles. The highest BCUT2D eigenvalue weighted by Crippen LogP contribution is 2.60. The van der Waals surface area contributed by atoms with E-state index in [1.165, 1.54) is 0 Å². The van der Waals surface area contributed by atoms with E-state index in [4.69, 9.17) is 15.1 Å². The van der Waals surface area contributed by atoms with E-state index in [2.05, 4.69) is 6.58 Å². The number of ether oxygens (including phenoxy) is 1. The molecule has 0 radical (unpaired) electrons. The zero-order valence-corrected chi connectivity index (χ0v) is 8.49. The van der Waals surface area contributed by atoms with Crippen molar-refractivity contribution in [2.75, 3.05) is 13.3 Å². The molecular weight excluding hydrogens is 181 g/mol. The second-order valence-corrected chi connectivity index (χ2v) is 3.44. The van der Waals surface area contributed by atoms with Crippen LogP contribution in [0.1, 0.15) is 13.3 Å². The number of nitrogens with two attached hydrogens (primary N) is 1. The van der Waals surface area contributed by atoms with Gasteiger partial charge in [0.15, 0.2) is 0 Å². The minimum absolute atomic E-state index is 0.130. The van der Waals surface area contributed by atoms with Crippen LogP contribution in [-0.4, -0.2) is 26.8 Å². The Hall–Kier alpha value is -0.805. The summed E-state index contributed by atoms with van der Waals surface area (Å²) in [6, 6.07) is 0. The maximum atomic E-state index is 11.6. The van der Waals surface area contributed by atoms with Gasteiger partial charge >= 0.3 is 5.97 Å². The molecule has 0 aromatic carbocycles. The van der Waals surface area contributed by atoms with Gasteiger partial charge in [-0.25, -0.2) is 0 Å². The molecule has 1 aliphatic carbocycles. The van der Waals surface area contributed by atoms with E-state index < -0.39 is 5.31 Å². The molecule has 0 spiro atoms. The Balaban J connectivity index is 2.55. The van der Waals surface area contributed by atoms with Gasteiger partial charge in [-0.05, 0) is 19.3 Å². The Morgan fingerprint density at radius 1 is 1.86 bits per heavy atom. The van der Waals surface area contributed by atoms with Crippen molar-refractivity contribution in [3.05, 3.63) is 12.7 Å². The second kappa shape index (κ2) is 4.62. The Morgan fingerprint density at radius 2 is 2.57 bits per heavy atom. The summed E-state index contributed by atoms with van der Waals surface area (Å²) < 4.78 is 10.1. The van der Waals surface area contributed by atoms with Crippen LogP contribution >= 0.6 is 0 Å². The molecule has 14 heavy (non-hydrogen) atoms. The molecule has 2 N–H and O–H groups in total. The highest BCUT2D eigenvalue weighted by molar-refractivity contribution is 6.42. The zero-order valence-electron chi connectivity index (χ0n) is 8.49. The molecule has 5 heteroatoms. The van der Waals surface area contributed by atoms with Crippen LogP contribution < -0.4 is 5.73 Å². The van der Waals surface area contributed by atoms with Crippen LogP contribution in [0.4, 0.5) is 0 Å². The van der Waals surface area contributed by atoms with Crippen molar-refractivity contribution < 1.29 is 14.2 Å². The summed E-state index contributed by atoms with van der Waals surface area (Å²) in [6.45, 7) is 5.99.